The highest BCUT2D eigenvalue weighted by Crippen LogP contribution is 2.18. The normalized spacial score (nSPS) is 25.0. The standard InChI is InChI=1S/C11H20N2O3/c1-5-13-7-11(2,3)12-10(15)8(13)6-9(14)16-4/h8H,5-7H2,1-4H3,(H,12,15). The molecule has 0 saturated carbocycles. The van der Waals surface area contributed by atoms with Crippen molar-refractivity contribution in [1.29, 1.82) is 0 Å². The highest BCUT2D eigenvalue weighted by molar-refractivity contribution is 5.87. The molecule has 1 atom stereocenters. The molecule has 0 aromatic heterocycles. The van der Waals surface area contributed by atoms with Crippen LogP contribution in [0, 0.1) is 0 Å². The Morgan fingerprint density at radius 3 is 2.75 bits per heavy atom. The van der Waals surface area contributed by atoms with Gasteiger partial charge in [-0.15, -0.1) is 0 Å². The van der Waals surface area contributed by atoms with E-state index < -0.39 is 6.04 Å². The SMILES string of the molecule is CCN1CC(C)(C)NC(=O)C1CC(=O)OC. The van der Waals surface area contributed by atoms with Crippen LogP contribution in [0.2, 0.25) is 0 Å². The van der Waals surface area contributed by atoms with E-state index >= 15 is 0 Å². The van der Waals surface area contributed by atoms with E-state index in [4.69, 9.17) is 0 Å². The first kappa shape index (κ1) is 13.0. The van der Waals surface area contributed by atoms with E-state index in [-0.39, 0.29) is 23.8 Å². The van der Waals surface area contributed by atoms with Crippen molar-refractivity contribution in [1.82, 2.24) is 10.2 Å². The van der Waals surface area contributed by atoms with Crippen LogP contribution in [0.1, 0.15) is 27.2 Å². The van der Waals surface area contributed by atoms with Gasteiger partial charge in [0, 0.05) is 12.1 Å². The van der Waals surface area contributed by atoms with Crippen molar-refractivity contribution in [3.05, 3.63) is 0 Å². The summed E-state index contributed by atoms with van der Waals surface area (Å²) < 4.78 is 4.60. The minimum absolute atomic E-state index is 0.0940. The summed E-state index contributed by atoms with van der Waals surface area (Å²) in [7, 11) is 1.34. The minimum Gasteiger partial charge on any atom is -0.469 e. The summed E-state index contributed by atoms with van der Waals surface area (Å²) >= 11 is 0. The van der Waals surface area contributed by atoms with Crippen molar-refractivity contribution in [2.75, 3.05) is 20.2 Å². The summed E-state index contributed by atoms with van der Waals surface area (Å²) in [4.78, 5) is 25.1. The van der Waals surface area contributed by atoms with Crippen LogP contribution in [0.15, 0.2) is 0 Å². The quantitative estimate of drug-likeness (QED) is 0.698. The topological polar surface area (TPSA) is 58.6 Å². The lowest BCUT2D eigenvalue weighted by Crippen LogP contribution is -2.64. The summed E-state index contributed by atoms with van der Waals surface area (Å²) in [5, 5.41) is 2.91. The summed E-state index contributed by atoms with van der Waals surface area (Å²) in [6.07, 6.45) is 0.117. The number of ether oxygens (including phenoxy) is 1. The molecule has 1 rings (SSSR count). The number of amides is 1. The number of rotatable bonds is 3. The molecule has 92 valence electrons. The molecule has 0 aromatic rings. The van der Waals surface area contributed by atoms with Crippen LogP contribution in [0.4, 0.5) is 0 Å². The van der Waals surface area contributed by atoms with Crippen LogP contribution in [-0.2, 0) is 14.3 Å². The largest absolute Gasteiger partial charge is 0.469 e. The zero-order valence-corrected chi connectivity index (χ0v) is 10.4. The van der Waals surface area contributed by atoms with Crippen LogP contribution in [-0.4, -0.2) is 48.6 Å². The Hall–Kier alpha value is -1.10. The third-order valence-corrected chi connectivity index (χ3v) is 2.80. The predicted octanol–water partition coefficient (Wildman–Crippen LogP) is 0.148. The maximum atomic E-state index is 11.9. The molecule has 0 radical (unpaired) electrons. The van der Waals surface area contributed by atoms with Crippen LogP contribution in [0.25, 0.3) is 0 Å². The molecule has 0 bridgehead atoms. The van der Waals surface area contributed by atoms with Gasteiger partial charge < -0.3 is 10.1 Å². The van der Waals surface area contributed by atoms with Crippen molar-refractivity contribution < 1.29 is 14.3 Å². The first-order chi connectivity index (χ1) is 7.39. The van der Waals surface area contributed by atoms with Crippen molar-refractivity contribution in [2.24, 2.45) is 0 Å². The number of carbonyl (C=O) groups excluding carboxylic acids is 2. The van der Waals surface area contributed by atoms with Gasteiger partial charge in [0.15, 0.2) is 0 Å². The molecule has 1 fully saturated rings. The molecule has 0 aliphatic carbocycles. The van der Waals surface area contributed by atoms with Gasteiger partial charge in [-0.3, -0.25) is 14.5 Å². The van der Waals surface area contributed by atoms with E-state index in [9.17, 15) is 9.59 Å². The Morgan fingerprint density at radius 2 is 2.25 bits per heavy atom. The average molecular weight is 228 g/mol. The number of nitrogens with one attached hydrogen (secondary N) is 1. The van der Waals surface area contributed by atoms with Crippen LogP contribution >= 0.6 is 0 Å². The van der Waals surface area contributed by atoms with E-state index in [1.807, 2.05) is 25.7 Å². The molecule has 1 aliphatic rings. The number of likely N-dealkylation sites (N-methyl/N-ethyl adjacent to an activating group) is 1. The molecule has 5 nitrogen and oxygen atoms in total. The Bertz CT molecular complexity index is 289. The van der Waals surface area contributed by atoms with Gasteiger partial charge in [-0.05, 0) is 20.4 Å². The molecular formula is C11H20N2O3. The monoisotopic (exact) mass is 228 g/mol. The van der Waals surface area contributed by atoms with Crippen molar-refractivity contribution in [3.63, 3.8) is 0 Å². The molecule has 1 N–H and O–H groups in total. The van der Waals surface area contributed by atoms with Gasteiger partial charge in [-0.1, -0.05) is 6.92 Å². The fourth-order valence-corrected chi connectivity index (χ4v) is 2.04. The van der Waals surface area contributed by atoms with Gasteiger partial charge in [0.1, 0.15) is 0 Å². The fourth-order valence-electron chi connectivity index (χ4n) is 2.04. The predicted molar refractivity (Wildman–Crippen MR) is 59.9 cm³/mol. The summed E-state index contributed by atoms with van der Waals surface area (Å²) in [5.74, 6) is -0.443. The van der Waals surface area contributed by atoms with Gasteiger partial charge >= 0.3 is 5.97 Å². The van der Waals surface area contributed by atoms with E-state index in [2.05, 4.69) is 10.1 Å². The van der Waals surface area contributed by atoms with Crippen molar-refractivity contribution in [2.45, 2.75) is 38.8 Å². The second-order valence-corrected chi connectivity index (χ2v) is 4.73. The first-order valence-electron chi connectivity index (χ1n) is 5.52. The minimum atomic E-state index is -0.398. The molecule has 0 spiro atoms. The van der Waals surface area contributed by atoms with Gasteiger partial charge in [0.2, 0.25) is 5.91 Å². The number of piperazine rings is 1. The Balaban J connectivity index is 2.75. The fraction of sp³-hybridized carbons (Fsp3) is 0.818. The summed E-state index contributed by atoms with van der Waals surface area (Å²) in [6, 6.07) is -0.398. The molecule has 5 heteroatoms. The van der Waals surface area contributed by atoms with E-state index in [1.54, 1.807) is 0 Å². The van der Waals surface area contributed by atoms with E-state index in [0.29, 0.717) is 0 Å². The smallest absolute Gasteiger partial charge is 0.307 e. The van der Waals surface area contributed by atoms with Crippen LogP contribution < -0.4 is 5.32 Å². The lowest BCUT2D eigenvalue weighted by molar-refractivity contribution is -0.147. The van der Waals surface area contributed by atoms with Crippen LogP contribution in [0.5, 0.6) is 0 Å². The van der Waals surface area contributed by atoms with Crippen molar-refractivity contribution >= 4 is 11.9 Å². The molecule has 1 saturated heterocycles. The molecule has 0 aromatic carbocycles. The zero-order chi connectivity index (χ0) is 12.3. The second kappa shape index (κ2) is 4.82. The number of carbonyl (C=O) groups is 2. The third-order valence-electron chi connectivity index (χ3n) is 2.80. The molecule has 1 aliphatic heterocycles. The summed E-state index contributed by atoms with van der Waals surface area (Å²) in [5.41, 5.74) is -0.236. The molecule has 16 heavy (non-hydrogen) atoms. The Morgan fingerprint density at radius 1 is 1.62 bits per heavy atom. The number of hydrogen-bond acceptors (Lipinski definition) is 4. The highest BCUT2D eigenvalue weighted by atomic mass is 16.5. The van der Waals surface area contributed by atoms with E-state index in [1.165, 1.54) is 7.11 Å². The second-order valence-electron chi connectivity index (χ2n) is 4.73. The third kappa shape index (κ3) is 2.95. The average Bonchev–Trinajstić information content (AvgIpc) is 2.20. The zero-order valence-electron chi connectivity index (χ0n) is 10.4. The van der Waals surface area contributed by atoms with Gasteiger partial charge in [0.05, 0.1) is 19.6 Å². The Kier molecular flexibility index (Phi) is 3.91. The number of hydrogen-bond donors (Lipinski definition) is 1. The van der Waals surface area contributed by atoms with Gasteiger partial charge in [0.25, 0.3) is 0 Å². The maximum Gasteiger partial charge on any atom is 0.307 e. The van der Waals surface area contributed by atoms with Crippen LogP contribution in [0.3, 0.4) is 0 Å². The maximum absolute atomic E-state index is 11.9. The van der Waals surface area contributed by atoms with Crippen molar-refractivity contribution in [3.8, 4) is 0 Å². The molecule has 1 amide bonds. The number of methoxy groups -OCH3 is 1. The lowest BCUT2D eigenvalue weighted by atomic mass is 9.97. The summed E-state index contributed by atoms with van der Waals surface area (Å²) in [6.45, 7) is 7.43. The lowest BCUT2D eigenvalue weighted by Gasteiger charge is -2.42. The molecule has 1 heterocycles. The molecule has 1 unspecified atom stereocenters. The Labute approximate surface area is 96.1 Å². The van der Waals surface area contributed by atoms with Gasteiger partial charge in [-0.2, -0.15) is 0 Å². The molecular weight excluding hydrogens is 208 g/mol. The first-order valence-corrected chi connectivity index (χ1v) is 5.52. The van der Waals surface area contributed by atoms with Gasteiger partial charge in [-0.25, -0.2) is 0 Å². The highest BCUT2D eigenvalue weighted by Gasteiger charge is 2.38. The van der Waals surface area contributed by atoms with E-state index in [0.717, 1.165) is 13.1 Å². The number of nitrogens with zero attached hydrogens (tertiary/aromatic N) is 1. The number of esters is 1.